The highest BCUT2D eigenvalue weighted by atomic mass is 32.1. The van der Waals surface area contributed by atoms with E-state index in [-0.39, 0.29) is 11.4 Å². The van der Waals surface area contributed by atoms with E-state index in [0.717, 1.165) is 11.3 Å². The van der Waals surface area contributed by atoms with Crippen molar-refractivity contribution in [2.75, 3.05) is 12.4 Å². The Kier molecular flexibility index (Phi) is 4.50. The number of non-ortho nitro benzene ring substituents is 1. The van der Waals surface area contributed by atoms with Crippen LogP contribution in [0.1, 0.15) is 10.5 Å². The molecule has 0 spiro atoms. The van der Waals surface area contributed by atoms with Gasteiger partial charge in [-0.25, -0.2) is 4.98 Å². The highest BCUT2D eigenvalue weighted by Crippen LogP contribution is 2.30. The minimum Gasteiger partial charge on any atom is -0.495 e. The minimum atomic E-state index is -0.528. The van der Waals surface area contributed by atoms with E-state index in [2.05, 4.69) is 10.3 Å². The maximum atomic E-state index is 12.8. The number of nitro benzene ring substituents is 1. The molecule has 0 saturated heterocycles. The molecule has 0 bridgehead atoms. The third-order valence-corrected chi connectivity index (χ3v) is 4.99. The van der Waals surface area contributed by atoms with Gasteiger partial charge < -0.3 is 10.1 Å². The number of carbonyl (C=O) groups is 1. The lowest BCUT2D eigenvalue weighted by Gasteiger charge is -2.09. The van der Waals surface area contributed by atoms with E-state index in [1.807, 2.05) is 30.3 Å². The molecule has 2 aromatic heterocycles. The molecule has 4 aromatic rings. The van der Waals surface area contributed by atoms with Crippen LogP contribution in [0.25, 0.3) is 16.2 Å². The Morgan fingerprint density at radius 2 is 2.04 bits per heavy atom. The normalized spacial score (nSPS) is 10.8. The van der Waals surface area contributed by atoms with Crippen LogP contribution in [0.5, 0.6) is 5.75 Å². The van der Waals surface area contributed by atoms with Crippen molar-refractivity contribution in [2.24, 2.45) is 0 Å². The van der Waals surface area contributed by atoms with Crippen LogP contribution in [-0.4, -0.2) is 27.3 Å². The molecule has 0 aliphatic rings. The number of hydrogen-bond acceptors (Lipinski definition) is 6. The summed E-state index contributed by atoms with van der Waals surface area (Å²) in [6.07, 6.45) is 1.79. The molecule has 0 saturated carbocycles. The Balaban J connectivity index is 1.67. The molecule has 0 unspecified atom stereocenters. The summed E-state index contributed by atoms with van der Waals surface area (Å²) in [5.74, 6) is -0.0805. The zero-order chi connectivity index (χ0) is 19.7. The SMILES string of the molecule is COc1ccc([N+](=O)[O-])cc1NC(=O)c1csc2nc(-c3ccccc3)cn12. The van der Waals surface area contributed by atoms with Gasteiger partial charge in [-0.2, -0.15) is 0 Å². The fraction of sp³-hybridized carbons (Fsp3) is 0.0526. The summed E-state index contributed by atoms with van der Waals surface area (Å²) in [7, 11) is 1.43. The zero-order valence-corrected chi connectivity index (χ0v) is 15.5. The van der Waals surface area contributed by atoms with E-state index >= 15 is 0 Å². The van der Waals surface area contributed by atoms with Gasteiger partial charge in [0.25, 0.3) is 11.6 Å². The van der Waals surface area contributed by atoms with Crippen LogP contribution in [-0.2, 0) is 0 Å². The molecule has 0 radical (unpaired) electrons. The van der Waals surface area contributed by atoms with Crippen LogP contribution >= 0.6 is 11.3 Å². The number of fused-ring (bicyclic) bond motifs is 1. The highest BCUT2D eigenvalue weighted by Gasteiger charge is 2.18. The lowest BCUT2D eigenvalue weighted by Crippen LogP contribution is -2.14. The number of imidazole rings is 1. The van der Waals surface area contributed by atoms with Crippen molar-refractivity contribution in [3.05, 3.63) is 75.9 Å². The first-order valence-corrected chi connectivity index (χ1v) is 9.10. The van der Waals surface area contributed by atoms with E-state index in [4.69, 9.17) is 4.74 Å². The smallest absolute Gasteiger partial charge is 0.273 e. The van der Waals surface area contributed by atoms with Crippen molar-refractivity contribution in [3.8, 4) is 17.0 Å². The van der Waals surface area contributed by atoms with Crippen LogP contribution in [0, 0.1) is 10.1 Å². The second-order valence-electron chi connectivity index (χ2n) is 5.86. The summed E-state index contributed by atoms with van der Waals surface area (Å²) in [6, 6.07) is 13.7. The molecule has 2 heterocycles. The predicted molar refractivity (Wildman–Crippen MR) is 106 cm³/mol. The number of aromatic nitrogens is 2. The van der Waals surface area contributed by atoms with Gasteiger partial charge in [-0.1, -0.05) is 30.3 Å². The van der Waals surface area contributed by atoms with Gasteiger partial charge in [0, 0.05) is 29.3 Å². The van der Waals surface area contributed by atoms with Crippen molar-refractivity contribution in [1.29, 1.82) is 0 Å². The lowest BCUT2D eigenvalue weighted by molar-refractivity contribution is -0.384. The fourth-order valence-electron chi connectivity index (χ4n) is 2.79. The molecular formula is C19H14N4O4S. The quantitative estimate of drug-likeness (QED) is 0.403. The molecule has 0 fully saturated rings. The first-order valence-electron chi connectivity index (χ1n) is 8.22. The summed E-state index contributed by atoms with van der Waals surface area (Å²) in [5, 5.41) is 15.4. The number of carbonyl (C=O) groups excluding carboxylic acids is 1. The second-order valence-corrected chi connectivity index (χ2v) is 6.70. The number of benzene rings is 2. The Labute approximate surface area is 163 Å². The molecule has 0 atom stereocenters. The van der Waals surface area contributed by atoms with Crippen LogP contribution in [0.4, 0.5) is 11.4 Å². The maximum Gasteiger partial charge on any atom is 0.273 e. The van der Waals surface area contributed by atoms with Crippen LogP contribution in [0.15, 0.2) is 60.1 Å². The van der Waals surface area contributed by atoms with Gasteiger partial charge in [-0.15, -0.1) is 11.3 Å². The number of amides is 1. The van der Waals surface area contributed by atoms with Crippen molar-refractivity contribution in [3.63, 3.8) is 0 Å². The van der Waals surface area contributed by atoms with Gasteiger partial charge >= 0.3 is 0 Å². The molecule has 28 heavy (non-hydrogen) atoms. The molecule has 9 heteroatoms. The topological polar surface area (TPSA) is 98.8 Å². The number of nitro groups is 1. The van der Waals surface area contributed by atoms with E-state index in [1.165, 1.54) is 36.6 Å². The Morgan fingerprint density at radius 3 is 2.75 bits per heavy atom. The molecular weight excluding hydrogens is 380 g/mol. The van der Waals surface area contributed by atoms with Crippen molar-refractivity contribution in [2.45, 2.75) is 0 Å². The number of hydrogen-bond donors (Lipinski definition) is 1. The van der Waals surface area contributed by atoms with Gasteiger partial charge in [0.1, 0.15) is 11.4 Å². The third-order valence-electron chi connectivity index (χ3n) is 4.15. The zero-order valence-electron chi connectivity index (χ0n) is 14.7. The predicted octanol–water partition coefficient (Wildman–Crippen LogP) is 4.23. The summed E-state index contributed by atoms with van der Waals surface area (Å²) < 4.78 is 6.89. The largest absolute Gasteiger partial charge is 0.495 e. The molecule has 2 aromatic carbocycles. The number of nitrogens with one attached hydrogen (secondary N) is 1. The van der Waals surface area contributed by atoms with E-state index in [9.17, 15) is 14.9 Å². The fourth-order valence-corrected chi connectivity index (χ4v) is 3.64. The molecule has 140 valence electrons. The van der Waals surface area contributed by atoms with Crippen molar-refractivity contribution >= 4 is 33.6 Å². The third kappa shape index (κ3) is 3.19. The van der Waals surface area contributed by atoms with E-state index < -0.39 is 10.8 Å². The summed E-state index contributed by atoms with van der Waals surface area (Å²) in [6.45, 7) is 0. The standard InChI is InChI=1S/C19H14N4O4S/c1-27-17-8-7-13(23(25)26)9-14(17)20-18(24)16-11-28-19-21-15(10-22(16)19)12-5-3-2-4-6-12/h2-11H,1H3,(H,20,24). The summed E-state index contributed by atoms with van der Waals surface area (Å²) >= 11 is 1.34. The second kappa shape index (κ2) is 7.12. The van der Waals surface area contributed by atoms with Crippen molar-refractivity contribution < 1.29 is 14.5 Å². The van der Waals surface area contributed by atoms with E-state index in [0.29, 0.717) is 16.4 Å². The first kappa shape index (κ1) is 17.7. The number of ether oxygens (including phenoxy) is 1. The van der Waals surface area contributed by atoms with E-state index in [1.54, 1.807) is 16.0 Å². The van der Waals surface area contributed by atoms with Gasteiger partial charge in [-0.05, 0) is 6.07 Å². The molecule has 0 aliphatic carbocycles. The minimum absolute atomic E-state index is 0.138. The molecule has 1 N–H and O–H groups in total. The van der Waals surface area contributed by atoms with Gasteiger partial charge in [-0.3, -0.25) is 19.3 Å². The van der Waals surface area contributed by atoms with Crippen LogP contribution < -0.4 is 10.1 Å². The maximum absolute atomic E-state index is 12.8. The number of thiazole rings is 1. The average molecular weight is 394 g/mol. The molecule has 8 nitrogen and oxygen atoms in total. The Hall–Kier alpha value is -3.72. The van der Waals surface area contributed by atoms with Crippen LogP contribution in [0.3, 0.4) is 0 Å². The molecule has 1 amide bonds. The lowest BCUT2D eigenvalue weighted by atomic mass is 10.2. The van der Waals surface area contributed by atoms with Gasteiger partial charge in [0.2, 0.25) is 0 Å². The van der Waals surface area contributed by atoms with Gasteiger partial charge in [0.05, 0.1) is 23.4 Å². The summed E-state index contributed by atoms with van der Waals surface area (Å²) in [5.41, 5.74) is 2.17. The monoisotopic (exact) mass is 394 g/mol. The molecule has 4 rings (SSSR count). The first-order chi connectivity index (χ1) is 13.6. The Morgan fingerprint density at radius 1 is 1.25 bits per heavy atom. The number of methoxy groups -OCH3 is 1. The molecule has 0 aliphatic heterocycles. The summed E-state index contributed by atoms with van der Waals surface area (Å²) in [4.78, 5) is 28.5. The van der Waals surface area contributed by atoms with Gasteiger partial charge in [0.15, 0.2) is 4.96 Å². The number of anilines is 1. The van der Waals surface area contributed by atoms with Crippen LogP contribution in [0.2, 0.25) is 0 Å². The average Bonchev–Trinajstić information content (AvgIpc) is 3.29. The highest BCUT2D eigenvalue weighted by molar-refractivity contribution is 7.15. The van der Waals surface area contributed by atoms with Crippen molar-refractivity contribution in [1.82, 2.24) is 9.38 Å². The Bertz CT molecular complexity index is 1180. The number of nitrogens with zero attached hydrogens (tertiary/aromatic N) is 3. The number of rotatable bonds is 5.